The lowest BCUT2D eigenvalue weighted by atomic mass is 10.6. The van der Waals surface area contributed by atoms with Crippen LogP contribution < -0.4 is 0 Å². The van der Waals surface area contributed by atoms with Gasteiger partial charge < -0.3 is 4.98 Å². The molecule has 76 valence electrons. The first kappa shape index (κ1) is 9.85. The molecule has 1 N–H and O–H groups in total. The topological polar surface area (TPSA) is 28.7 Å². The molecule has 0 saturated carbocycles. The molecule has 0 atom stereocenters. The van der Waals surface area contributed by atoms with Crippen molar-refractivity contribution in [3.8, 4) is 0 Å². The van der Waals surface area contributed by atoms with Gasteiger partial charge >= 0.3 is 6.18 Å². The number of nitrogens with one attached hydrogen (secondary N) is 1. The number of aromatic amines is 1. The van der Waals surface area contributed by atoms with Crippen LogP contribution in [0.3, 0.4) is 0 Å². The molecule has 7 heteroatoms. The summed E-state index contributed by atoms with van der Waals surface area (Å²) < 4.78 is 35.6. The number of H-pyrrole nitrogens is 1. The molecule has 0 aliphatic rings. The first-order valence-corrected chi connectivity index (χ1v) is 5.54. The minimum Gasteiger partial charge on any atom is -0.332 e. The van der Waals surface area contributed by atoms with E-state index in [2.05, 4.69) is 9.97 Å². The van der Waals surface area contributed by atoms with Crippen LogP contribution in [0.4, 0.5) is 13.2 Å². The van der Waals surface area contributed by atoms with Crippen molar-refractivity contribution >= 4 is 33.4 Å². The van der Waals surface area contributed by atoms with Crippen LogP contribution in [0.15, 0.2) is 16.6 Å². The van der Waals surface area contributed by atoms with Gasteiger partial charge in [0.2, 0.25) is 0 Å². The van der Waals surface area contributed by atoms with Crippen LogP contribution in [0.25, 0.3) is 10.3 Å². The van der Waals surface area contributed by atoms with E-state index in [9.17, 15) is 13.2 Å². The van der Waals surface area contributed by atoms with Gasteiger partial charge in [-0.2, -0.15) is 13.2 Å². The van der Waals surface area contributed by atoms with E-state index in [1.165, 1.54) is 11.3 Å². The molecule has 0 aliphatic heterocycles. The number of alkyl halides is 3. The van der Waals surface area contributed by atoms with Crippen molar-refractivity contribution < 1.29 is 13.2 Å². The van der Waals surface area contributed by atoms with Crippen molar-refractivity contribution in [1.29, 1.82) is 0 Å². The first-order valence-electron chi connectivity index (χ1n) is 3.67. The molecule has 0 fully saturated rings. The number of thiophene rings is 1. The third-order valence-corrected chi connectivity index (χ3v) is 3.21. The molecule has 0 saturated heterocycles. The van der Waals surface area contributed by atoms with Gasteiger partial charge in [0, 0.05) is 0 Å². The second kappa shape index (κ2) is 3.47. The molecule has 14 heavy (non-hydrogen) atoms. The Bertz CT molecular complexity index is 403. The van der Waals surface area contributed by atoms with Crippen molar-refractivity contribution in [3.05, 3.63) is 11.4 Å². The van der Waals surface area contributed by atoms with Crippen LogP contribution in [-0.2, 0) is 0 Å². The lowest BCUT2D eigenvalue weighted by Gasteiger charge is -2.02. The molecule has 2 nitrogen and oxygen atoms in total. The highest BCUT2D eigenvalue weighted by molar-refractivity contribution is 7.99. The fourth-order valence-electron chi connectivity index (χ4n) is 0.937. The van der Waals surface area contributed by atoms with Gasteiger partial charge in [-0.25, -0.2) is 4.98 Å². The Labute approximate surface area is 85.5 Å². The normalized spacial score (nSPS) is 12.5. The highest BCUT2D eigenvalue weighted by atomic mass is 32.2. The molecule has 0 radical (unpaired) electrons. The minimum absolute atomic E-state index is 0.323. The second-order valence-electron chi connectivity index (χ2n) is 2.59. The molecule has 0 spiro atoms. The van der Waals surface area contributed by atoms with Crippen molar-refractivity contribution in [3.63, 3.8) is 0 Å². The van der Waals surface area contributed by atoms with Gasteiger partial charge in [0.05, 0.1) is 11.3 Å². The molecule has 0 aromatic carbocycles. The second-order valence-corrected chi connectivity index (χ2v) is 4.44. The highest BCUT2D eigenvalue weighted by Crippen LogP contribution is 2.28. The zero-order valence-electron chi connectivity index (χ0n) is 6.76. The van der Waals surface area contributed by atoms with E-state index in [4.69, 9.17) is 0 Å². The summed E-state index contributed by atoms with van der Waals surface area (Å²) in [5, 5.41) is 2.16. The summed E-state index contributed by atoms with van der Waals surface area (Å²) in [6, 6.07) is 1.80. The Morgan fingerprint density at radius 3 is 2.93 bits per heavy atom. The van der Waals surface area contributed by atoms with Crippen LogP contribution in [0, 0.1) is 0 Å². The number of nitrogens with zero attached hydrogens (tertiary/aromatic N) is 1. The lowest BCUT2D eigenvalue weighted by molar-refractivity contribution is -0.105. The molecule has 2 rings (SSSR count). The highest BCUT2D eigenvalue weighted by Gasteiger charge is 2.27. The van der Waals surface area contributed by atoms with Gasteiger partial charge in [0.1, 0.15) is 4.83 Å². The largest absolute Gasteiger partial charge is 0.398 e. The Morgan fingerprint density at radius 1 is 1.50 bits per heavy atom. The number of fused-ring (bicyclic) bond motifs is 1. The third-order valence-electron chi connectivity index (χ3n) is 1.46. The summed E-state index contributed by atoms with van der Waals surface area (Å²) in [6.07, 6.45) is -4.15. The van der Waals surface area contributed by atoms with Crippen molar-refractivity contribution in [2.24, 2.45) is 0 Å². The van der Waals surface area contributed by atoms with Crippen molar-refractivity contribution in [2.75, 3.05) is 5.75 Å². The van der Waals surface area contributed by atoms with E-state index in [1.807, 2.05) is 5.38 Å². The van der Waals surface area contributed by atoms with Crippen molar-refractivity contribution in [1.82, 2.24) is 9.97 Å². The van der Waals surface area contributed by atoms with Crippen LogP contribution in [0.1, 0.15) is 0 Å². The van der Waals surface area contributed by atoms with E-state index in [-0.39, 0.29) is 0 Å². The summed E-state index contributed by atoms with van der Waals surface area (Å²) in [5.74, 6) is -0.909. The van der Waals surface area contributed by atoms with E-state index >= 15 is 0 Å². The summed E-state index contributed by atoms with van der Waals surface area (Å²) in [5.41, 5.74) is 0.791. The summed E-state index contributed by atoms with van der Waals surface area (Å²) in [6.45, 7) is 0. The lowest BCUT2D eigenvalue weighted by Crippen LogP contribution is -2.10. The molecule has 0 aliphatic carbocycles. The van der Waals surface area contributed by atoms with Crippen LogP contribution in [0.2, 0.25) is 0 Å². The fourth-order valence-corrected chi connectivity index (χ4v) is 2.36. The number of rotatable bonds is 2. The summed E-state index contributed by atoms with van der Waals surface area (Å²) in [7, 11) is 0. The molecule has 2 aromatic heterocycles. The standard InChI is InChI=1S/C7H5F3N2S2/c8-7(9,10)3-14-6-11-4-1-2-13-5(4)12-6/h1-2H,3H2,(H,11,12). The molecule has 0 bridgehead atoms. The number of imidazole rings is 1. The number of hydrogen-bond acceptors (Lipinski definition) is 3. The average Bonchev–Trinajstić information content (AvgIpc) is 2.56. The van der Waals surface area contributed by atoms with E-state index < -0.39 is 11.9 Å². The smallest absolute Gasteiger partial charge is 0.332 e. The minimum atomic E-state index is -4.15. The van der Waals surface area contributed by atoms with Gasteiger partial charge in [-0.3, -0.25) is 0 Å². The summed E-state index contributed by atoms with van der Waals surface area (Å²) >= 11 is 2.08. The summed E-state index contributed by atoms with van der Waals surface area (Å²) in [4.78, 5) is 7.56. The van der Waals surface area contributed by atoms with Crippen molar-refractivity contribution in [2.45, 2.75) is 11.3 Å². The first-order chi connectivity index (χ1) is 6.54. The quantitative estimate of drug-likeness (QED) is 0.813. The van der Waals surface area contributed by atoms with E-state index in [0.717, 1.165) is 10.3 Å². The predicted molar refractivity (Wildman–Crippen MR) is 50.7 cm³/mol. The molecular formula is C7H5F3N2S2. The number of thioether (sulfide) groups is 1. The molecule has 2 heterocycles. The Hall–Kier alpha value is -0.690. The van der Waals surface area contributed by atoms with Crippen LogP contribution in [-0.4, -0.2) is 21.9 Å². The molecule has 0 amide bonds. The zero-order valence-corrected chi connectivity index (χ0v) is 8.39. The van der Waals surface area contributed by atoms with Gasteiger partial charge in [-0.15, -0.1) is 11.3 Å². The van der Waals surface area contributed by atoms with Gasteiger partial charge in [0.25, 0.3) is 0 Å². The van der Waals surface area contributed by atoms with Crippen LogP contribution in [0.5, 0.6) is 0 Å². The van der Waals surface area contributed by atoms with Gasteiger partial charge in [-0.1, -0.05) is 11.8 Å². The zero-order chi connectivity index (χ0) is 10.2. The molecule has 2 aromatic rings. The van der Waals surface area contributed by atoms with Crippen LogP contribution >= 0.6 is 23.1 Å². The molecule has 0 unspecified atom stereocenters. The SMILES string of the molecule is FC(F)(F)CSc1nc2sccc2[nH]1. The number of hydrogen-bond donors (Lipinski definition) is 1. The van der Waals surface area contributed by atoms with Gasteiger partial charge in [0.15, 0.2) is 5.16 Å². The maximum absolute atomic E-state index is 11.9. The average molecular weight is 238 g/mol. The Balaban J connectivity index is 2.09. The van der Waals surface area contributed by atoms with E-state index in [0.29, 0.717) is 16.9 Å². The predicted octanol–water partition coefficient (Wildman–Crippen LogP) is 3.28. The Kier molecular flexibility index (Phi) is 2.44. The molecular weight excluding hydrogens is 233 g/mol. The van der Waals surface area contributed by atoms with E-state index in [1.54, 1.807) is 6.07 Å². The number of halogens is 3. The third kappa shape index (κ3) is 2.21. The maximum atomic E-state index is 11.9. The monoisotopic (exact) mass is 238 g/mol. The van der Waals surface area contributed by atoms with Gasteiger partial charge in [-0.05, 0) is 11.4 Å². The maximum Gasteiger partial charge on any atom is 0.398 e. The number of aromatic nitrogens is 2. The fraction of sp³-hybridized carbons (Fsp3) is 0.286. The Morgan fingerprint density at radius 2 is 2.29 bits per heavy atom.